The maximum absolute atomic E-state index is 12.3. The Morgan fingerprint density at radius 3 is 0.771 bits per heavy atom. The molecule has 0 spiro atoms. The van der Waals surface area contributed by atoms with E-state index in [0.717, 1.165) is 33.9 Å². The van der Waals surface area contributed by atoms with Crippen LogP contribution in [0.25, 0.3) is 0 Å². The van der Waals surface area contributed by atoms with E-state index < -0.39 is 5.60 Å². The van der Waals surface area contributed by atoms with Crippen LogP contribution >= 0.6 is 0 Å². The topological polar surface area (TPSA) is 47.9 Å². The van der Waals surface area contributed by atoms with Gasteiger partial charge in [-0.3, -0.25) is 0 Å². The fraction of sp³-hybridized carbons (Fsp3) is 0.419. The highest BCUT2D eigenvalue weighted by Gasteiger charge is 2.34. The molecule has 0 aromatic heterocycles. The van der Waals surface area contributed by atoms with E-state index in [-0.39, 0.29) is 16.8 Å². The van der Waals surface area contributed by atoms with Gasteiger partial charge in [0.2, 0.25) is 0 Å². The van der Waals surface area contributed by atoms with Gasteiger partial charge in [0.25, 0.3) is 0 Å². The summed E-state index contributed by atoms with van der Waals surface area (Å²) in [5.74, 6) is 2.27. The molecule has 0 bridgehead atoms. The molecule has 0 saturated carbocycles. The van der Waals surface area contributed by atoms with Gasteiger partial charge in [0.1, 0.15) is 39.7 Å². The van der Waals surface area contributed by atoms with Crippen molar-refractivity contribution in [1.82, 2.24) is 0 Å². The third kappa shape index (κ3) is 7.25. The second-order valence-corrected chi connectivity index (χ2v) is 11.9. The van der Waals surface area contributed by atoms with Crippen LogP contribution in [0, 0.1) is 0 Å². The van der Waals surface area contributed by atoms with Gasteiger partial charge in [-0.15, -0.1) is 0 Å². The van der Waals surface area contributed by atoms with Crippen LogP contribution in [0.5, 0.6) is 17.2 Å². The van der Waals surface area contributed by atoms with Crippen molar-refractivity contribution in [2.24, 2.45) is 0 Å². The van der Waals surface area contributed by atoms with Gasteiger partial charge in [-0.1, -0.05) is 36.4 Å². The molecule has 3 rings (SSSR count). The molecule has 35 heavy (non-hydrogen) atoms. The molecule has 0 amide bonds. The molecule has 0 radical (unpaired) electrons. The lowest BCUT2D eigenvalue weighted by Gasteiger charge is -2.31. The van der Waals surface area contributed by atoms with Crippen molar-refractivity contribution < 1.29 is 19.3 Å². The molecule has 3 aromatic rings. The third-order valence-corrected chi connectivity index (χ3v) is 5.09. The number of rotatable bonds is 6. The first kappa shape index (κ1) is 26.6. The summed E-state index contributed by atoms with van der Waals surface area (Å²) in [6, 6.07) is 22.9. The molecular formula is C31H40O4. The molecule has 0 atom stereocenters. The van der Waals surface area contributed by atoms with E-state index >= 15 is 0 Å². The van der Waals surface area contributed by atoms with Crippen molar-refractivity contribution in [3.63, 3.8) is 0 Å². The van der Waals surface area contributed by atoms with Crippen molar-refractivity contribution >= 4 is 0 Å². The van der Waals surface area contributed by atoms with Crippen LogP contribution in [0.15, 0.2) is 72.8 Å². The van der Waals surface area contributed by atoms with Crippen molar-refractivity contribution in [2.45, 2.75) is 84.7 Å². The average Bonchev–Trinajstić information content (AvgIpc) is 2.71. The molecule has 1 N–H and O–H groups in total. The Balaban J connectivity index is 2.05. The van der Waals surface area contributed by atoms with E-state index in [9.17, 15) is 5.11 Å². The van der Waals surface area contributed by atoms with E-state index in [1.165, 1.54) is 0 Å². The van der Waals surface area contributed by atoms with Gasteiger partial charge in [-0.25, -0.2) is 0 Å². The van der Waals surface area contributed by atoms with Gasteiger partial charge in [0.15, 0.2) is 0 Å². The molecular weight excluding hydrogens is 436 g/mol. The number of ether oxygens (including phenoxy) is 3. The fourth-order valence-corrected chi connectivity index (χ4v) is 3.85. The maximum Gasteiger partial charge on any atom is 0.140 e. The Bertz CT molecular complexity index is 947. The molecule has 4 nitrogen and oxygen atoms in total. The minimum Gasteiger partial charge on any atom is -0.488 e. The van der Waals surface area contributed by atoms with Gasteiger partial charge < -0.3 is 19.3 Å². The first-order valence-corrected chi connectivity index (χ1v) is 12.2. The first-order valence-electron chi connectivity index (χ1n) is 12.2. The molecule has 188 valence electrons. The fourth-order valence-electron chi connectivity index (χ4n) is 3.85. The van der Waals surface area contributed by atoms with Gasteiger partial charge in [0.05, 0.1) is 0 Å². The van der Waals surface area contributed by atoms with E-state index in [0.29, 0.717) is 0 Å². The Morgan fingerprint density at radius 2 is 0.600 bits per heavy atom. The van der Waals surface area contributed by atoms with Crippen LogP contribution in [-0.2, 0) is 5.60 Å². The largest absolute Gasteiger partial charge is 0.488 e. The van der Waals surface area contributed by atoms with Crippen LogP contribution in [0.1, 0.15) is 79.0 Å². The number of hydrogen-bond donors (Lipinski definition) is 1. The SMILES string of the molecule is CC(C)(C)Oc1ccc(C(O)(c2ccc(OC(C)(C)C)cc2)c2ccc(OC(C)(C)C)cc2)cc1. The van der Waals surface area contributed by atoms with Gasteiger partial charge in [-0.2, -0.15) is 0 Å². The molecule has 3 aromatic carbocycles. The second-order valence-electron chi connectivity index (χ2n) is 11.9. The van der Waals surface area contributed by atoms with Crippen LogP contribution in [-0.4, -0.2) is 21.9 Å². The van der Waals surface area contributed by atoms with Gasteiger partial charge in [-0.05, 0) is 115 Å². The first-order chi connectivity index (χ1) is 16.1. The molecule has 0 saturated heterocycles. The predicted molar refractivity (Wildman–Crippen MR) is 143 cm³/mol. The highest BCUT2D eigenvalue weighted by Crippen LogP contribution is 2.39. The summed E-state index contributed by atoms with van der Waals surface area (Å²) >= 11 is 0. The van der Waals surface area contributed by atoms with Gasteiger partial charge in [0, 0.05) is 0 Å². The molecule has 0 aliphatic heterocycles. The smallest absolute Gasteiger partial charge is 0.140 e. The zero-order valence-corrected chi connectivity index (χ0v) is 22.6. The monoisotopic (exact) mass is 476 g/mol. The lowest BCUT2D eigenvalue weighted by Crippen LogP contribution is -2.29. The van der Waals surface area contributed by atoms with Crippen LogP contribution < -0.4 is 14.2 Å². The lowest BCUT2D eigenvalue weighted by molar-refractivity contribution is 0.121. The van der Waals surface area contributed by atoms with E-state index in [2.05, 4.69) is 0 Å². The number of benzene rings is 3. The standard InChI is InChI=1S/C31H40O4/c1-28(2,3)33-25-16-10-22(11-17-25)31(32,23-12-18-26(19-13-23)34-29(4,5)6)24-14-20-27(21-15-24)35-30(7,8)9/h10-21,32H,1-9H3. The normalized spacial score (nSPS) is 12.9. The van der Waals surface area contributed by atoms with E-state index in [1.807, 2.05) is 135 Å². The summed E-state index contributed by atoms with van der Waals surface area (Å²) in [5.41, 5.74) is -0.0504. The Kier molecular flexibility index (Phi) is 7.29. The average molecular weight is 477 g/mol. The number of aliphatic hydroxyl groups is 1. The van der Waals surface area contributed by atoms with E-state index in [4.69, 9.17) is 14.2 Å². The molecule has 0 fully saturated rings. The molecule has 0 unspecified atom stereocenters. The quantitative estimate of drug-likeness (QED) is 0.374. The van der Waals surface area contributed by atoms with Gasteiger partial charge >= 0.3 is 0 Å². The van der Waals surface area contributed by atoms with Crippen LogP contribution in [0.3, 0.4) is 0 Å². The minimum absolute atomic E-state index is 0.302. The molecule has 0 aliphatic rings. The van der Waals surface area contributed by atoms with Crippen LogP contribution in [0.4, 0.5) is 0 Å². The van der Waals surface area contributed by atoms with Crippen molar-refractivity contribution in [2.75, 3.05) is 0 Å². The van der Waals surface area contributed by atoms with Crippen molar-refractivity contribution in [1.29, 1.82) is 0 Å². The summed E-state index contributed by atoms with van der Waals surface area (Å²) in [5, 5.41) is 12.3. The van der Waals surface area contributed by atoms with Crippen molar-refractivity contribution in [3.05, 3.63) is 89.5 Å². The molecule has 0 heterocycles. The lowest BCUT2D eigenvalue weighted by atomic mass is 9.80. The molecule has 4 heteroatoms. The zero-order valence-electron chi connectivity index (χ0n) is 22.6. The highest BCUT2D eigenvalue weighted by atomic mass is 16.5. The summed E-state index contributed by atoms with van der Waals surface area (Å²) in [6.07, 6.45) is 0. The summed E-state index contributed by atoms with van der Waals surface area (Å²) in [7, 11) is 0. The van der Waals surface area contributed by atoms with Crippen molar-refractivity contribution in [3.8, 4) is 17.2 Å². The Morgan fingerprint density at radius 1 is 0.400 bits per heavy atom. The second kappa shape index (κ2) is 9.58. The third-order valence-electron chi connectivity index (χ3n) is 5.09. The molecule has 0 aliphatic carbocycles. The predicted octanol–water partition coefficient (Wildman–Crippen LogP) is 7.50. The Labute approximate surface area is 210 Å². The summed E-state index contributed by atoms with van der Waals surface area (Å²) in [4.78, 5) is 0. The van der Waals surface area contributed by atoms with E-state index in [1.54, 1.807) is 0 Å². The zero-order chi connectivity index (χ0) is 26.1. The summed E-state index contributed by atoms with van der Waals surface area (Å²) < 4.78 is 18.0. The number of hydrogen-bond acceptors (Lipinski definition) is 4. The maximum atomic E-state index is 12.3. The summed E-state index contributed by atoms with van der Waals surface area (Å²) in [6.45, 7) is 18.1. The highest BCUT2D eigenvalue weighted by molar-refractivity contribution is 5.50. The van der Waals surface area contributed by atoms with Crippen LogP contribution in [0.2, 0.25) is 0 Å². The Hall–Kier alpha value is -2.98. The minimum atomic E-state index is -1.37.